The predicted molar refractivity (Wildman–Crippen MR) is 249 cm³/mol. The molecule has 0 saturated heterocycles. The molecule has 0 atom stereocenters. The van der Waals surface area contributed by atoms with E-state index < -0.39 is 58.9 Å². The van der Waals surface area contributed by atoms with Gasteiger partial charge >= 0.3 is 11.9 Å². The molecule has 3 aromatic carbocycles. The smallest absolute Gasteiger partial charge is 0.337 e. The Bertz CT molecular complexity index is 2880. The number of ether oxygens (including phenoxy) is 2. The molecule has 0 spiro atoms. The first-order valence-electron chi connectivity index (χ1n) is 21.6. The molecule has 16 nitrogen and oxygen atoms in total. The summed E-state index contributed by atoms with van der Waals surface area (Å²) in [6.45, 7) is 8.92. The number of carboxylic acid groups (broad SMARTS) is 1. The first-order chi connectivity index (χ1) is 30.8. The molecule has 19 heteroatoms. The van der Waals surface area contributed by atoms with E-state index in [0.29, 0.717) is 68.7 Å². The third-order valence-electron chi connectivity index (χ3n) is 12.6. The Balaban J connectivity index is 1.43. The largest absolute Gasteiger partial charge is 0.478 e. The molecule has 2 aliphatic heterocycles. The summed E-state index contributed by atoms with van der Waals surface area (Å²) in [5.74, 6) is -1.45. The summed E-state index contributed by atoms with van der Waals surface area (Å²) in [7, 11) is -11.5. The van der Waals surface area contributed by atoms with Gasteiger partial charge in [-0.15, -0.1) is 0 Å². The van der Waals surface area contributed by atoms with Crippen molar-refractivity contribution < 1.29 is 67.7 Å². The molecule has 0 bridgehead atoms. The number of unbranched alkanes of at least 4 members (excludes halogenated alkanes) is 2. The van der Waals surface area contributed by atoms with Gasteiger partial charge in [0.05, 0.1) is 40.1 Å². The second-order valence-corrected chi connectivity index (χ2v) is 22.4. The summed E-state index contributed by atoms with van der Waals surface area (Å²) in [5, 5.41) is 9.86. The quantitative estimate of drug-likeness (QED) is 0.0385. The molecule has 66 heavy (non-hydrogen) atoms. The average molecular weight is 970 g/mol. The topological polar surface area (TPSA) is 242 Å². The van der Waals surface area contributed by atoms with E-state index in [4.69, 9.17) is 9.47 Å². The highest BCUT2D eigenvalue weighted by atomic mass is 32.2. The molecule has 3 aliphatic rings. The number of aromatic carboxylic acids is 1. The van der Waals surface area contributed by atoms with Crippen molar-refractivity contribution in [3.8, 4) is 5.75 Å². The number of esters is 1. The molecular formula is C47H57N2O14S3+. The highest BCUT2D eigenvalue weighted by molar-refractivity contribution is 7.86. The number of benzene rings is 3. The van der Waals surface area contributed by atoms with E-state index in [1.54, 1.807) is 18.2 Å². The minimum absolute atomic E-state index is 0.121. The molecule has 2 heterocycles. The van der Waals surface area contributed by atoms with E-state index in [1.165, 1.54) is 37.4 Å². The van der Waals surface area contributed by atoms with Crippen LogP contribution in [0.4, 0.5) is 11.4 Å². The number of carbonyl (C=O) groups is 2. The highest BCUT2D eigenvalue weighted by Crippen LogP contribution is 2.49. The van der Waals surface area contributed by atoms with Crippen LogP contribution in [-0.4, -0.2) is 97.9 Å². The summed E-state index contributed by atoms with van der Waals surface area (Å²) >= 11 is 0. The van der Waals surface area contributed by atoms with Gasteiger partial charge in [0.15, 0.2) is 5.71 Å². The minimum atomic E-state index is -4.48. The van der Waals surface area contributed by atoms with Crippen LogP contribution in [0.1, 0.15) is 117 Å². The normalized spacial score (nSPS) is 18.2. The predicted octanol–water partition coefficient (Wildman–Crippen LogP) is 8.04. The van der Waals surface area contributed by atoms with E-state index in [2.05, 4.69) is 18.4 Å². The molecule has 4 N–H and O–H groups in total. The van der Waals surface area contributed by atoms with Crippen LogP contribution in [0.15, 0.2) is 100 Å². The summed E-state index contributed by atoms with van der Waals surface area (Å²) < 4.78 is 112. The van der Waals surface area contributed by atoms with Gasteiger partial charge in [-0.3, -0.25) is 13.7 Å². The molecule has 0 unspecified atom stereocenters. The van der Waals surface area contributed by atoms with Crippen molar-refractivity contribution in [2.24, 2.45) is 0 Å². The number of carboxylic acids is 1. The van der Waals surface area contributed by atoms with Crippen LogP contribution < -0.4 is 9.64 Å². The van der Waals surface area contributed by atoms with Gasteiger partial charge in [-0.2, -0.15) is 29.8 Å². The Hall–Kier alpha value is -5.18. The van der Waals surface area contributed by atoms with Gasteiger partial charge in [-0.05, 0) is 136 Å². The Morgan fingerprint density at radius 1 is 0.758 bits per heavy atom. The van der Waals surface area contributed by atoms with Gasteiger partial charge < -0.3 is 19.5 Å². The second kappa shape index (κ2) is 19.6. The second-order valence-electron chi connectivity index (χ2n) is 17.8. The first kappa shape index (κ1) is 50.2. The van der Waals surface area contributed by atoms with Crippen LogP contribution in [0.5, 0.6) is 5.75 Å². The van der Waals surface area contributed by atoms with Gasteiger partial charge in [-0.25, -0.2) is 9.59 Å². The van der Waals surface area contributed by atoms with Crippen LogP contribution in [0.25, 0.3) is 0 Å². The molecule has 0 radical (unpaired) electrons. The lowest BCUT2D eigenvalue weighted by Gasteiger charge is -2.28. The molecule has 0 aromatic heterocycles. The highest BCUT2D eigenvalue weighted by Gasteiger charge is 2.46. The number of rotatable bonds is 19. The lowest BCUT2D eigenvalue weighted by Crippen LogP contribution is -2.30. The van der Waals surface area contributed by atoms with Gasteiger partial charge in [0.2, 0.25) is 5.69 Å². The maximum atomic E-state index is 12.6. The number of allylic oxidation sites excluding steroid dienone is 5. The third kappa shape index (κ3) is 11.5. The fourth-order valence-corrected chi connectivity index (χ4v) is 10.9. The van der Waals surface area contributed by atoms with Crippen molar-refractivity contribution >= 4 is 59.4 Å². The van der Waals surface area contributed by atoms with Crippen molar-refractivity contribution in [2.75, 3.05) is 36.6 Å². The standard InChI is InChI=1S/C47H56N2O14S3/c1-46(2)37-29-33(44(50)51)13-21-39(37)48(25-6-8-27-64(53,54)55)41(46)23-15-31-11-10-12-32(43(31)63-35-17-19-36(20-18-35)66(59,60)61)16-24-42-47(3,4)38-30-34(45(52)62-5)14-22-40(38)49(42)26-7-9-28-65(56,57)58/h13-15,17-23,29-30H,6-12,16,24-28H2,1-5H3,(H3-,50,51,53,54,55,56,57,58,59,60,61)/p+1/b31-15+,41-23+. The van der Waals surface area contributed by atoms with E-state index in [9.17, 15) is 53.6 Å². The average Bonchev–Trinajstić information content (AvgIpc) is 3.58. The first-order valence-corrected chi connectivity index (χ1v) is 26.3. The van der Waals surface area contributed by atoms with Gasteiger partial charge in [-0.1, -0.05) is 19.9 Å². The third-order valence-corrected chi connectivity index (χ3v) is 15.1. The molecule has 0 saturated carbocycles. The number of fused-ring (bicyclic) bond motifs is 2. The summed E-state index contributed by atoms with van der Waals surface area (Å²) in [6, 6.07) is 15.7. The lowest BCUT2D eigenvalue weighted by atomic mass is 9.78. The number of carbonyl (C=O) groups excluding carboxylic acids is 1. The number of methoxy groups -OCH3 is 1. The Kier molecular flexibility index (Phi) is 14.9. The van der Waals surface area contributed by atoms with Crippen LogP contribution in [0.3, 0.4) is 0 Å². The maximum Gasteiger partial charge on any atom is 0.337 e. The SMILES string of the molecule is COC(=O)c1ccc2c(c1)C(C)(C)C(CCC1=C(Oc3ccc(S(=O)(=O)O)cc3)/C(=C/C=C3/N(CCCCS(=O)(=O)O)c4ccc(C(=O)O)cc4C3(C)C)CCC1)=[N+]2CCCCS(=O)(=O)O. The monoisotopic (exact) mass is 969 g/mol. The van der Waals surface area contributed by atoms with Gasteiger partial charge in [0.25, 0.3) is 30.4 Å². The molecule has 1 aliphatic carbocycles. The number of nitrogens with zero attached hydrogens (tertiary/aromatic N) is 2. The van der Waals surface area contributed by atoms with E-state index in [0.717, 1.165) is 51.5 Å². The fourth-order valence-electron chi connectivity index (χ4n) is 9.24. The molecule has 356 valence electrons. The maximum absolute atomic E-state index is 12.6. The fraction of sp³-hybridized carbons (Fsp3) is 0.426. The van der Waals surface area contributed by atoms with Crippen LogP contribution in [0, 0.1) is 0 Å². The summed E-state index contributed by atoms with van der Waals surface area (Å²) in [4.78, 5) is 26.4. The van der Waals surface area contributed by atoms with Gasteiger partial charge in [0.1, 0.15) is 18.1 Å². The van der Waals surface area contributed by atoms with Crippen molar-refractivity contribution in [1.29, 1.82) is 0 Å². The Labute approximate surface area is 386 Å². The summed E-state index contributed by atoms with van der Waals surface area (Å²) in [5.41, 5.74) is 6.17. The Morgan fingerprint density at radius 3 is 2.02 bits per heavy atom. The van der Waals surface area contributed by atoms with Crippen molar-refractivity contribution in [3.05, 3.63) is 118 Å². The van der Waals surface area contributed by atoms with E-state index in [1.807, 2.05) is 43.0 Å². The van der Waals surface area contributed by atoms with Crippen molar-refractivity contribution in [1.82, 2.24) is 0 Å². The van der Waals surface area contributed by atoms with E-state index in [-0.39, 0.29) is 29.1 Å². The number of hydrogen-bond donors (Lipinski definition) is 4. The minimum Gasteiger partial charge on any atom is -0.478 e. The zero-order valence-electron chi connectivity index (χ0n) is 37.6. The molecule has 6 rings (SSSR count). The zero-order chi connectivity index (χ0) is 48.4. The van der Waals surface area contributed by atoms with Crippen molar-refractivity contribution in [2.45, 2.75) is 101 Å². The number of anilines is 1. The molecule has 0 amide bonds. The number of hydrogen-bond acceptors (Lipinski definition) is 11. The van der Waals surface area contributed by atoms with Gasteiger partial charge in [0, 0.05) is 47.8 Å². The van der Waals surface area contributed by atoms with Crippen LogP contribution in [0.2, 0.25) is 0 Å². The lowest BCUT2D eigenvalue weighted by molar-refractivity contribution is -0.440. The van der Waals surface area contributed by atoms with E-state index >= 15 is 0 Å². The molecule has 0 fully saturated rings. The molecular weight excluding hydrogens is 913 g/mol. The Morgan fingerprint density at radius 2 is 1.39 bits per heavy atom. The van der Waals surface area contributed by atoms with Crippen LogP contribution >= 0.6 is 0 Å². The zero-order valence-corrected chi connectivity index (χ0v) is 40.1. The van der Waals surface area contributed by atoms with Crippen molar-refractivity contribution in [3.63, 3.8) is 0 Å². The molecule has 3 aromatic rings. The van der Waals surface area contributed by atoms with Crippen LogP contribution in [-0.2, 0) is 45.9 Å². The summed E-state index contributed by atoms with van der Waals surface area (Å²) in [6.07, 6.45) is 8.25.